The molecule has 1 saturated carbocycles. The van der Waals surface area contributed by atoms with Gasteiger partial charge in [-0.05, 0) is 31.7 Å². The molecule has 2 aliphatic rings. The zero-order valence-electron chi connectivity index (χ0n) is 12.1. The number of hydrogen-bond acceptors (Lipinski definition) is 3. The Balaban J connectivity index is 1.66. The largest absolute Gasteiger partial charge is 0.490 e. The van der Waals surface area contributed by atoms with Gasteiger partial charge < -0.3 is 15.0 Å². The molecule has 0 saturated heterocycles. The van der Waals surface area contributed by atoms with Gasteiger partial charge in [0, 0.05) is 24.2 Å². The van der Waals surface area contributed by atoms with Crippen molar-refractivity contribution in [3.05, 3.63) is 47.5 Å². The summed E-state index contributed by atoms with van der Waals surface area (Å²) in [4.78, 5) is 7.77. The van der Waals surface area contributed by atoms with Gasteiger partial charge in [-0.25, -0.2) is 4.98 Å². The summed E-state index contributed by atoms with van der Waals surface area (Å²) in [7, 11) is 0. The number of rotatable bonds is 3. The van der Waals surface area contributed by atoms with E-state index in [-0.39, 0.29) is 6.04 Å². The second-order valence-corrected chi connectivity index (χ2v) is 5.97. The third-order valence-electron chi connectivity index (χ3n) is 4.57. The Morgan fingerprint density at radius 3 is 2.90 bits per heavy atom. The fourth-order valence-corrected chi connectivity index (χ4v) is 3.49. The summed E-state index contributed by atoms with van der Waals surface area (Å²) in [6.07, 6.45) is 8.13. The molecule has 0 unspecified atom stereocenters. The minimum absolute atomic E-state index is 0.137. The quantitative estimate of drug-likeness (QED) is 0.910. The van der Waals surface area contributed by atoms with Crippen LogP contribution in [0.1, 0.15) is 48.7 Å². The first-order chi connectivity index (χ1) is 10.4. The summed E-state index contributed by atoms with van der Waals surface area (Å²) < 4.78 is 6.27. The Kier molecular flexibility index (Phi) is 3.39. The van der Waals surface area contributed by atoms with E-state index in [9.17, 15) is 0 Å². The van der Waals surface area contributed by atoms with Gasteiger partial charge in [-0.2, -0.15) is 0 Å². The van der Waals surface area contributed by atoms with E-state index in [1.54, 1.807) is 6.33 Å². The Bertz CT molecular complexity index is 616. The summed E-state index contributed by atoms with van der Waals surface area (Å²) in [6.45, 7) is 0.970. The zero-order chi connectivity index (χ0) is 14.1. The van der Waals surface area contributed by atoms with Gasteiger partial charge in [0.25, 0.3) is 0 Å². The molecule has 1 aliphatic carbocycles. The van der Waals surface area contributed by atoms with Crippen LogP contribution in [0.5, 0.6) is 5.75 Å². The van der Waals surface area contributed by atoms with Gasteiger partial charge in [0.15, 0.2) is 0 Å². The van der Waals surface area contributed by atoms with Gasteiger partial charge in [0.1, 0.15) is 5.75 Å². The highest BCUT2D eigenvalue weighted by atomic mass is 16.5. The van der Waals surface area contributed by atoms with Crippen molar-refractivity contribution >= 4 is 0 Å². The number of para-hydroxylation sites is 1. The molecule has 21 heavy (non-hydrogen) atoms. The Morgan fingerprint density at radius 2 is 2.00 bits per heavy atom. The second kappa shape index (κ2) is 5.53. The Morgan fingerprint density at radius 1 is 1.14 bits per heavy atom. The normalized spacial score (nSPS) is 22.2. The first kappa shape index (κ1) is 12.9. The number of fused-ring (bicyclic) bond motifs is 1. The minimum Gasteiger partial charge on any atom is -0.490 e. The van der Waals surface area contributed by atoms with Gasteiger partial charge in [-0.1, -0.05) is 18.2 Å². The van der Waals surface area contributed by atoms with Crippen LogP contribution in [-0.4, -0.2) is 22.6 Å². The number of benzene rings is 1. The van der Waals surface area contributed by atoms with Crippen LogP contribution in [0, 0.1) is 0 Å². The lowest BCUT2D eigenvalue weighted by Crippen LogP contribution is -2.31. The smallest absolute Gasteiger partial charge is 0.124 e. The number of nitrogens with zero attached hydrogens (tertiary/aromatic N) is 1. The van der Waals surface area contributed by atoms with Crippen molar-refractivity contribution in [1.29, 1.82) is 0 Å². The molecule has 1 aliphatic heterocycles. The van der Waals surface area contributed by atoms with Crippen molar-refractivity contribution in [3.63, 3.8) is 0 Å². The molecule has 4 nitrogen and oxygen atoms in total. The molecule has 1 fully saturated rings. The molecule has 4 heteroatoms. The summed E-state index contributed by atoms with van der Waals surface area (Å²) in [6, 6.07) is 8.53. The predicted molar refractivity (Wildman–Crippen MR) is 81.5 cm³/mol. The molecular weight excluding hydrogens is 262 g/mol. The standard InChI is InChI=1S/C17H21N3O/c1-2-6-12(5-1)21-15-8-4-3-7-13(15)16-17-14(9-10-18-16)19-11-20-17/h3-4,7-8,11-12,16,18H,1-2,5-6,9-10H2,(H,19,20)/t16-/m0/s1. The lowest BCUT2D eigenvalue weighted by molar-refractivity contribution is 0.206. The van der Waals surface area contributed by atoms with Crippen LogP contribution < -0.4 is 10.1 Å². The van der Waals surface area contributed by atoms with E-state index in [2.05, 4.69) is 39.6 Å². The maximum atomic E-state index is 6.27. The number of H-pyrrole nitrogens is 1. The minimum atomic E-state index is 0.137. The van der Waals surface area contributed by atoms with Gasteiger partial charge in [-0.15, -0.1) is 0 Å². The molecule has 4 rings (SSSR count). The number of imidazole rings is 1. The van der Waals surface area contributed by atoms with E-state index in [0.717, 1.165) is 24.4 Å². The Labute approximate surface area is 124 Å². The van der Waals surface area contributed by atoms with Crippen LogP contribution >= 0.6 is 0 Å². The number of hydrogen-bond donors (Lipinski definition) is 2. The van der Waals surface area contributed by atoms with E-state index in [0.29, 0.717) is 6.10 Å². The second-order valence-electron chi connectivity index (χ2n) is 5.97. The van der Waals surface area contributed by atoms with Crippen LogP contribution in [0.2, 0.25) is 0 Å². The average molecular weight is 283 g/mol. The molecule has 2 heterocycles. The fraction of sp³-hybridized carbons (Fsp3) is 0.471. The molecule has 110 valence electrons. The molecular formula is C17H21N3O. The van der Waals surface area contributed by atoms with Crippen LogP contribution in [-0.2, 0) is 6.42 Å². The monoisotopic (exact) mass is 283 g/mol. The van der Waals surface area contributed by atoms with Gasteiger partial charge in [-0.3, -0.25) is 0 Å². The lowest BCUT2D eigenvalue weighted by Gasteiger charge is -2.26. The molecule has 2 N–H and O–H groups in total. The maximum Gasteiger partial charge on any atom is 0.124 e. The first-order valence-corrected chi connectivity index (χ1v) is 7.93. The molecule has 2 aromatic rings. The maximum absolute atomic E-state index is 6.27. The van der Waals surface area contributed by atoms with Crippen LogP contribution in [0.25, 0.3) is 0 Å². The van der Waals surface area contributed by atoms with Gasteiger partial charge in [0.05, 0.1) is 24.2 Å². The van der Waals surface area contributed by atoms with Crippen molar-refractivity contribution in [2.24, 2.45) is 0 Å². The third-order valence-corrected chi connectivity index (χ3v) is 4.57. The molecule has 1 atom stereocenters. The van der Waals surface area contributed by atoms with E-state index in [4.69, 9.17) is 4.74 Å². The summed E-state index contributed by atoms with van der Waals surface area (Å²) in [5.74, 6) is 1.01. The SMILES string of the molecule is c1ccc([C@@H]2NCCc3[nH]cnc32)c(OC2CCCC2)c1. The molecule has 0 bridgehead atoms. The van der Waals surface area contributed by atoms with E-state index in [1.807, 2.05) is 0 Å². The Hall–Kier alpha value is -1.81. The summed E-state index contributed by atoms with van der Waals surface area (Å²) in [5, 5.41) is 3.58. The molecule has 0 radical (unpaired) electrons. The van der Waals surface area contributed by atoms with Gasteiger partial charge >= 0.3 is 0 Å². The highest BCUT2D eigenvalue weighted by Crippen LogP contribution is 2.34. The van der Waals surface area contributed by atoms with Crippen LogP contribution in [0.4, 0.5) is 0 Å². The molecule has 0 amide bonds. The van der Waals surface area contributed by atoms with E-state index < -0.39 is 0 Å². The van der Waals surface area contributed by atoms with Crippen molar-refractivity contribution in [2.75, 3.05) is 6.54 Å². The lowest BCUT2D eigenvalue weighted by atomic mass is 9.97. The topological polar surface area (TPSA) is 49.9 Å². The van der Waals surface area contributed by atoms with Crippen LogP contribution in [0.15, 0.2) is 30.6 Å². The molecule has 0 spiro atoms. The van der Waals surface area contributed by atoms with Crippen molar-refractivity contribution in [3.8, 4) is 5.75 Å². The highest BCUT2D eigenvalue weighted by molar-refractivity contribution is 5.42. The predicted octanol–water partition coefficient (Wildman–Crippen LogP) is 2.97. The average Bonchev–Trinajstić information content (AvgIpc) is 3.18. The fourth-order valence-electron chi connectivity index (χ4n) is 3.49. The number of aromatic amines is 1. The van der Waals surface area contributed by atoms with Crippen molar-refractivity contribution < 1.29 is 4.74 Å². The van der Waals surface area contributed by atoms with E-state index >= 15 is 0 Å². The number of ether oxygens (including phenoxy) is 1. The highest BCUT2D eigenvalue weighted by Gasteiger charge is 2.27. The van der Waals surface area contributed by atoms with Crippen molar-refractivity contribution in [2.45, 2.75) is 44.2 Å². The van der Waals surface area contributed by atoms with Crippen LogP contribution in [0.3, 0.4) is 0 Å². The molecule has 1 aromatic heterocycles. The van der Waals surface area contributed by atoms with Gasteiger partial charge in [0.2, 0.25) is 0 Å². The third kappa shape index (κ3) is 2.44. The number of nitrogens with one attached hydrogen (secondary N) is 2. The summed E-state index contributed by atoms with van der Waals surface area (Å²) >= 11 is 0. The van der Waals surface area contributed by atoms with E-state index in [1.165, 1.54) is 36.9 Å². The first-order valence-electron chi connectivity index (χ1n) is 7.93. The summed E-state index contributed by atoms with van der Waals surface area (Å²) in [5.41, 5.74) is 3.57. The van der Waals surface area contributed by atoms with Crippen molar-refractivity contribution in [1.82, 2.24) is 15.3 Å². The zero-order valence-corrected chi connectivity index (χ0v) is 12.1. The molecule has 1 aromatic carbocycles. The number of aromatic nitrogens is 2.